The number of hydrogen-bond acceptors (Lipinski definition) is 4. The number of nitrogens with two attached hydrogens (primary N) is 1. The number of thiazole rings is 1. The lowest BCUT2D eigenvalue weighted by molar-refractivity contribution is 0.0936. The van der Waals surface area contributed by atoms with Crippen LogP contribution in [0.5, 0.6) is 0 Å². The summed E-state index contributed by atoms with van der Waals surface area (Å²) in [5.41, 5.74) is 6.35. The topological polar surface area (TPSA) is 68.0 Å². The van der Waals surface area contributed by atoms with Crippen LogP contribution in [-0.2, 0) is 6.54 Å². The molecular weight excluding hydrogens is 246 g/mol. The predicted octanol–water partition coefficient (Wildman–Crippen LogP) is 2.36. The highest BCUT2D eigenvalue weighted by Gasteiger charge is 2.19. The molecule has 0 atom stereocenters. The predicted molar refractivity (Wildman–Crippen MR) is 73.7 cm³/mol. The summed E-state index contributed by atoms with van der Waals surface area (Å²) >= 11 is 1.41. The number of rotatable bonds is 3. The largest absolute Gasteiger partial charge is 0.349 e. The average molecular weight is 267 g/mol. The Labute approximate surface area is 112 Å². The molecule has 2 rings (SSSR count). The van der Waals surface area contributed by atoms with Crippen LogP contribution in [0.4, 0.5) is 0 Å². The Morgan fingerprint density at radius 1 is 1.39 bits per heavy atom. The molecule has 1 amide bonds. The van der Waals surface area contributed by atoms with Crippen molar-refractivity contribution in [2.75, 3.05) is 0 Å². The van der Waals surface area contributed by atoms with Gasteiger partial charge in [0.1, 0.15) is 9.88 Å². The molecule has 0 saturated heterocycles. The Morgan fingerprint density at radius 3 is 2.61 bits per heavy atom. The molecule has 1 aliphatic carbocycles. The molecule has 1 saturated carbocycles. The molecule has 18 heavy (non-hydrogen) atoms. The zero-order valence-electron chi connectivity index (χ0n) is 10.9. The van der Waals surface area contributed by atoms with E-state index in [0.717, 1.165) is 28.4 Å². The maximum atomic E-state index is 12.2. The third-order valence-corrected chi connectivity index (χ3v) is 4.59. The number of aryl methyl sites for hydroxylation is 1. The highest BCUT2D eigenvalue weighted by molar-refractivity contribution is 7.13. The molecule has 1 fully saturated rings. The third-order valence-electron chi connectivity index (χ3n) is 3.41. The van der Waals surface area contributed by atoms with Crippen LogP contribution < -0.4 is 11.1 Å². The molecule has 0 bridgehead atoms. The molecule has 1 aromatic rings. The van der Waals surface area contributed by atoms with E-state index >= 15 is 0 Å². The van der Waals surface area contributed by atoms with Gasteiger partial charge in [-0.15, -0.1) is 11.3 Å². The van der Waals surface area contributed by atoms with E-state index in [1.54, 1.807) is 0 Å². The van der Waals surface area contributed by atoms with E-state index in [0.29, 0.717) is 12.6 Å². The number of nitrogens with zero attached hydrogens (tertiary/aromatic N) is 1. The van der Waals surface area contributed by atoms with Gasteiger partial charge in [-0.05, 0) is 19.8 Å². The van der Waals surface area contributed by atoms with Crippen LogP contribution in [0.2, 0.25) is 0 Å². The van der Waals surface area contributed by atoms with Crippen molar-refractivity contribution >= 4 is 17.2 Å². The minimum atomic E-state index is 0.0246. The van der Waals surface area contributed by atoms with E-state index in [1.165, 1.54) is 37.0 Å². The van der Waals surface area contributed by atoms with Gasteiger partial charge in [-0.2, -0.15) is 0 Å². The Kier molecular flexibility index (Phi) is 4.72. The second kappa shape index (κ2) is 6.29. The van der Waals surface area contributed by atoms with Crippen LogP contribution in [0.3, 0.4) is 0 Å². The molecule has 0 aliphatic heterocycles. The van der Waals surface area contributed by atoms with E-state index in [4.69, 9.17) is 5.73 Å². The van der Waals surface area contributed by atoms with Crippen molar-refractivity contribution in [1.82, 2.24) is 10.3 Å². The first-order valence-corrected chi connectivity index (χ1v) is 7.49. The van der Waals surface area contributed by atoms with Crippen LogP contribution in [-0.4, -0.2) is 16.9 Å². The van der Waals surface area contributed by atoms with E-state index in [2.05, 4.69) is 10.3 Å². The third kappa shape index (κ3) is 3.29. The SMILES string of the molecule is Cc1nc(CN)sc1C(=O)NC1CCCCCC1. The molecule has 5 heteroatoms. The average Bonchev–Trinajstić information content (AvgIpc) is 2.57. The van der Waals surface area contributed by atoms with Gasteiger partial charge in [0.25, 0.3) is 5.91 Å². The smallest absolute Gasteiger partial charge is 0.263 e. The molecule has 0 unspecified atom stereocenters. The van der Waals surface area contributed by atoms with Gasteiger partial charge >= 0.3 is 0 Å². The summed E-state index contributed by atoms with van der Waals surface area (Å²) in [4.78, 5) is 17.2. The van der Waals surface area contributed by atoms with Crippen LogP contribution in [0, 0.1) is 6.92 Å². The summed E-state index contributed by atoms with van der Waals surface area (Å²) in [5, 5.41) is 3.98. The summed E-state index contributed by atoms with van der Waals surface area (Å²) in [6, 6.07) is 0.336. The quantitative estimate of drug-likeness (QED) is 0.826. The van der Waals surface area contributed by atoms with E-state index in [9.17, 15) is 4.79 Å². The summed E-state index contributed by atoms with van der Waals surface area (Å²) in [7, 11) is 0. The van der Waals surface area contributed by atoms with Gasteiger partial charge in [0.2, 0.25) is 0 Å². The molecule has 3 N–H and O–H groups in total. The van der Waals surface area contributed by atoms with Crippen molar-refractivity contribution < 1.29 is 4.79 Å². The first-order valence-electron chi connectivity index (χ1n) is 6.68. The van der Waals surface area contributed by atoms with Crippen molar-refractivity contribution in [1.29, 1.82) is 0 Å². The van der Waals surface area contributed by atoms with Gasteiger partial charge < -0.3 is 11.1 Å². The lowest BCUT2D eigenvalue weighted by Gasteiger charge is -2.15. The van der Waals surface area contributed by atoms with Gasteiger partial charge in [0, 0.05) is 12.6 Å². The molecule has 0 aromatic carbocycles. The number of amides is 1. The van der Waals surface area contributed by atoms with E-state index < -0.39 is 0 Å². The second-order valence-corrected chi connectivity index (χ2v) is 5.97. The monoisotopic (exact) mass is 267 g/mol. The Hall–Kier alpha value is -0.940. The first kappa shape index (κ1) is 13.5. The van der Waals surface area contributed by atoms with E-state index in [-0.39, 0.29) is 5.91 Å². The maximum Gasteiger partial charge on any atom is 0.263 e. The molecule has 1 aliphatic rings. The van der Waals surface area contributed by atoms with Crippen molar-refractivity contribution in [2.24, 2.45) is 5.73 Å². The highest BCUT2D eigenvalue weighted by Crippen LogP contribution is 2.20. The van der Waals surface area contributed by atoms with Crippen LogP contribution >= 0.6 is 11.3 Å². The van der Waals surface area contributed by atoms with Gasteiger partial charge in [-0.1, -0.05) is 25.7 Å². The minimum Gasteiger partial charge on any atom is -0.349 e. The molecule has 1 heterocycles. The summed E-state index contributed by atoms with van der Waals surface area (Å²) in [6.45, 7) is 2.28. The van der Waals surface area contributed by atoms with Crippen LogP contribution in [0.1, 0.15) is 58.9 Å². The summed E-state index contributed by atoms with van der Waals surface area (Å²) in [5.74, 6) is 0.0246. The fraction of sp³-hybridized carbons (Fsp3) is 0.692. The fourth-order valence-corrected chi connectivity index (χ4v) is 3.27. The minimum absolute atomic E-state index is 0.0246. The van der Waals surface area contributed by atoms with Gasteiger partial charge in [0.15, 0.2) is 0 Å². The van der Waals surface area contributed by atoms with Crippen LogP contribution in [0.15, 0.2) is 0 Å². The van der Waals surface area contributed by atoms with Crippen molar-refractivity contribution in [2.45, 2.75) is 58.0 Å². The van der Waals surface area contributed by atoms with Gasteiger partial charge in [0.05, 0.1) is 5.69 Å². The normalized spacial score (nSPS) is 17.4. The van der Waals surface area contributed by atoms with Gasteiger partial charge in [-0.3, -0.25) is 4.79 Å². The summed E-state index contributed by atoms with van der Waals surface area (Å²) in [6.07, 6.45) is 7.24. The standard InChI is InChI=1S/C13H21N3OS/c1-9-12(18-11(8-14)15-9)13(17)16-10-6-4-2-3-5-7-10/h10H,2-8,14H2,1H3,(H,16,17). The second-order valence-electron chi connectivity index (χ2n) is 4.89. The molecule has 100 valence electrons. The van der Waals surface area contributed by atoms with Crippen molar-refractivity contribution in [3.8, 4) is 0 Å². The molecule has 1 aromatic heterocycles. The molecule has 4 nitrogen and oxygen atoms in total. The Balaban J connectivity index is 1.99. The lowest BCUT2D eigenvalue weighted by Crippen LogP contribution is -2.34. The van der Waals surface area contributed by atoms with Crippen molar-refractivity contribution in [3.63, 3.8) is 0 Å². The van der Waals surface area contributed by atoms with Crippen molar-refractivity contribution in [3.05, 3.63) is 15.6 Å². The van der Waals surface area contributed by atoms with Gasteiger partial charge in [-0.25, -0.2) is 4.98 Å². The molecular formula is C13H21N3OS. The highest BCUT2D eigenvalue weighted by atomic mass is 32.1. The molecule has 0 radical (unpaired) electrons. The zero-order chi connectivity index (χ0) is 13.0. The lowest BCUT2D eigenvalue weighted by atomic mass is 10.1. The summed E-state index contributed by atoms with van der Waals surface area (Å²) < 4.78 is 0. The van der Waals surface area contributed by atoms with E-state index in [1.807, 2.05) is 6.92 Å². The number of carbonyl (C=O) groups excluding carboxylic acids is 1. The molecule has 0 spiro atoms. The van der Waals surface area contributed by atoms with Crippen LogP contribution in [0.25, 0.3) is 0 Å². The fourth-order valence-electron chi connectivity index (χ4n) is 2.42. The zero-order valence-corrected chi connectivity index (χ0v) is 11.7. The maximum absolute atomic E-state index is 12.2. The Morgan fingerprint density at radius 2 is 2.06 bits per heavy atom. The number of hydrogen-bond donors (Lipinski definition) is 2. The first-order chi connectivity index (χ1) is 8.70. The number of carbonyl (C=O) groups is 1. The number of nitrogens with one attached hydrogen (secondary N) is 1. The Bertz CT molecular complexity index is 408. The number of aromatic nitrogens is 1.